The predicted molar refractivity (Wildman–Crippen MR) is 48.5 cm³/mol. The number of hydrogen-bond donors (Lipinski definition) is 1. The van der Waals surface area contributed by atoms with Gasteiger partial charge in [0, 0.05) is 21.3 Å². The molecular weight excluding hydrogens is 266 g/mol. The first-order valence-corrected chi connectivity index (χ1v) is 4.38. The van der Waals surface area contributed by atoms with Gasteiger partial charge in [-0.25, -0.2) is 17.6 Å². The maximum atomic E-state index is 12.3. The summed E-state index contributed by atoms with van der Waals surface area (Å²) in [5.41, 5.74) is 4.09. The minimum Gasteiger partial charge on any atom is -0.399 e. The quantitative estimate of drug-likeness (QED) is 0.641. The number of hydrogen-bond acceptors (Lipinski definition) is 1. The average Bonchev–Trinajstić information content (AvgIpc) is 2.07. The van der Waals surface area contributed by atoms with Gasteiger partial charge in [0.05, 0.1) is 0 Å². The van der Waals surface area contributed by atoms with Crippen molar-refractivity contribution in [3.8, 4) is 0 Å². The van der Waals surface area contributed by atoms with Crippen molar-refractivity contribution in [1.82, 2.24) is 0 Å². The first-order valence-electron chi connectivity index (χ1n) is 3.58. The molecule has 0 saturated heterocycles. The lowest BCUT2D eigenvalue weighted by Crippen LogP contribution is -1.97. The molecule has 0 amide bonds. The van der Waals surface area contributed by atoms with E-state index in [1.807, 2.05) is 0 Å². The van der Waals surface area contributed by atoms with Crippen molar-refractivity contribution in [2.24, 2.45) is 0 Å². The second-order valence-electron chi connectivity index (χ2n) is 2.61. The van der Waals surface area contributed by atoms with Gasteiger partial charge in [-0.05, 0) is 28.1 Å². The molecule has 0 heterocycles. The molecule has 14 heavy (non-hydrogen) atoms. The van der Waals surface area contributed by atoms with Gasteiger partial charge in [-0.15, -0.1) is 0 Å². The van der Waals surface area contributed by atoms with Gasteiger partial charge in [0.2, 0.25) is 0 Å². The molecule has 2 N–H and O–H groups in total. The van der Waals surface area contributed by atoms with E-state index in [1.54, 1.807) is 0 Å². The molecule has 6 heteroatoms. The summed E-state index contributed by atoms with van der Waals surface area (Å²) in [4.78, 5) is 0. The SMILES string of the molecule is Nc1cc(C(F)F)c(Br)c(C(F)F)c1. The molecule has 0 unspecified atom stereocenters. The Labute approximate surface area is 86.0 Å². The number of halogens is 5. The second-order valence-corrected chi connectivity index (χ2v) is 3.41. The van der Waals surface area contributed by atoms with E-state index in [0.717, 1.165) is 12.1 Å². The van der Waals surface area contributed by atoms with Crippen molar-refractivity contribution < 1.29 is 17.6 Å². The molecule has 0 spiro atoms. The number of nitrogen functional groups attached to an aromatic ring is 1. The van der Waals surface area contributed by atoms with Gasteiger partial charge in [0.1, 0.15) is 0 Å². The van der Waals surface area contributed by atoms with Gasteiger partial charge >= 0.3 is 0 Å². The van der Waals surface area contributed by atoms with Gasteiger partial charge < -0.3 is 5.73 Å². The van der Waals surface area contributed by atoms with Crippen molar-refractivity contribution in [2.75, 3.05) is 5.73 Å². The number of benzene rings is 1. The molecule has 0 fully saturated rings. The lowest BCUT2D eigenvalue weighted by atomic mass is 10.1. The summed E-state index contributed by atoms with van der Waals surface area (Å²) in [5, 5.41) is 0. The van der Waals surface area contributed by atoms with E-state index in [-0.39, 0.29) is 10.2 Å². The normalized spacial score (nSPS) is 11.4. The lowest BCUT2D eigenvalue weighted by Gasteiger charge is -2.10. The van der Waals surface area contributed by atoms with Crippen molar-refractivity contribution in [1.29, 1.82) is 0 Å². The Morgan fingerprint density at radius 1 is 1.00 bits per heavy atom. The van der Waals surface area contributed by atoms with E-state index in [9.17, 15) is 17.6 Å². The standard InChI is InChI=1S/C8H6BrF4N/c9-6-4(7(10)11)1-3(14)2-5(6)8(12)13/h1-2,7-8H,14H2. The van der Waals surface area contributed by atoms with Crippen LogP contribution in [-0.4, -0.2) is 0 Å². The molecule has 1 rings (SSSR count). The van der Waals surface area contributed by atoms with Crippen molar-refractivity contribution in [3.05, 3.63) is 27.7 Å². The maximum Gasteiger partial charge on any atom is 0.265 e. The van der Waals surface area contributed by atoms with E-state index >= 15 is 0 Å². The summed E-state index contributed by atoms with van der Waals surface area (Å²) in [6.07, 6.45) is -5.66. The third-order valence-electron chi connectivity index (χ3n) is 1.62. The first-order chi connectivity index (χ1) is 6.43. The van der Waals surface area contributed by atoms with Crippen LogP contribution in [-0.2, 0) is 0 Å². The zero-order valence-corrected chi connectivity index (χ0v) is 8.36. The van der Waals surface area contributed by atoms with Crippen molar-refractivity contribution in [3.63, 3.8) is 0 Å². The fourth-order valence-electron chi connectivity index (χ4n) is 1.01. The van der Waals surface area contributed by atoms with E-state index in [4.69, 9.17) is 5.73 Å². The van der Waals surface area contributed by atoms with Crippen LogP contribution in [0.1, 0.15) is 24.0 Å². The second kappa shape index (κ2) is 4.16. The van der Waals surface area contributed by atoms with E-state index in [0.29, 0.717) is 0 Å². The Morgan fingerprint density at radius 3 is 1.64 bits per heavy atom. The molecule has 0 aliphatic carbocycles. The van der Waals surface area contributed by atoms with Crippen molar-refractivity contribution in [2.45, 2.75) is 12.9 Å². The Kier molecular flexibility index (Phi) is 3.36. The van der Waals surface area contributed by atoms with Gasteiger partial charge in [0.25, 0.3) is 12.9 Å². The summed E-state index contributed by atoms with van der Waals surface area (Å²) in [7, 11) is 0. The monoisotopic (exact) mass is 271 g/mol. The van der Waals surface area contributed by atoms with Crippen LogP contribution < -0.4 is 5.73 Å². The number of rotatable bonds is 2. The Hall–Kier alpha value is -0.780. The van der Waals surface area contributed by atoms with Crippen molar-refractivity contribution >= 4 is 21.6 Å². The van der Waals surface area contributed by atoms with Crippen LogP contribution in [0.4, 0.5) is 23.2 Å². The number of alkyl halides is 4. The van der Waals surface area contributed by atoms with E-state index in [1.165, 1.54) is 0 Å². The fourth-order valence-corrected chi connectivity index (χ4v) is 1.59. The first kappa shape index (κ1) is 11.3. The molecule has 0 aliphatic rings. The van der Waals surface area contributed by atoms with Gasteiger partial charge in [-0.2, -0.15) is 0 Å². The van der Waals surface area contributed by atoms with E-state index in [2.05, 4.69) is 15.9 Å². The van der Waals surface area contributed by atoms with Crippen LogP contribution >= 0.6 is 15.9 Å². The highest BCUT2D eigenvalue weighted by Crippen LogP contribution is 2.36. The Bertz CT molecular complexity index is 311. The van der Waals surface area contributed by atoms with Crippen LogP contribution in [0.3, 0.4) is 0 Å². The summed E-state index contributed by atoms with van der Waals surface area (Å²) in [6, 6.07) is 1.95. The smallest absolute Gasteiger partial charge is 0.265 e. The Balaban J connectivity index is 3.32. The lowest BCUT2D eigenvalue weighted by molar-refractivity contribution is 0.142. The molecule has 0 saturated carbocycles. The molecule has 0 aliphatic heterocycles. The van der Waals surface area contributed by atoms with Crippen LogP contribution in [0.5, 0.6) is 0 Å². The van der Waals surface area contributed by atoms with Crippen LogP contribution in [0.2, 0.25) is 0 Å². The summed E-state index contributed by atoms with van der Waals surface area (Å²) >= 11 is 2.70. The highest BCUT2D eigenvalue weighted by atomic mass is 79.9. The average molecular weight is 272 g/mol. The molecule has 1 nitrogen and oxygen atoms in total. The highest BCUT2D eigenvalue weighted by Gasteiger charge is 2.20. The highest BCUT2D eigenvalue weighted by molar-refractivity contribution is 9.10. The van der Waals surface area contributed by atoms with Crippen LogP contribution in [0, 0.1) is 0 Å². The minimum absolute atomic E-state index is 0.0983. The predicted octanol–water partition coefficient (Wildman–Crippen LogP) is 3.91. The van der Waals surface area contributed by atoms with Crippen LogP contribution in [0.15, 0.2) is 16.6 Å². The largest absolute Gasteiger partial charge is 0.399 e. The van der Waals surface area contributed by atoms with Gasteiger partial charge in [-0.1, -0.05) is 0 Å². The molecule has 1 aromatic carbocycles. The molecule has 0 radical (unpaired) electrons. The van der Waals surface area contributed by atoms with Gasteiger partial charge in [0.15, 0.2) is 0 Å². The van der Waals surface area contributed by atoms with Crippen LogP contribution in [0.25, 0.3) is 0 Å². The molecule has 0 bridgehead atoms. The fraction of sp³-hybridized carbons (Fsp3) is 0.250. The topological polar surface area (TPSA) is 26.0 Å². The number of nitrogens with two attached hydrogens (primary N) is 1. The third-order valence-corrected chi connectivity index (χ3v) is 2.54. The molecule has 0 aromatic heterocycles. The zero-order valence-electron chi connectivity index (χ0n) is 6.78. The maximum absolute atomic E-state index is 12.3. The summed E-state index contributed by atoms with van der Waals surface area (Å²) < 4.78 is 49.0. The zero-order chi connectivity index (χ0) is 10.9. The summed E-state index contributed by atoms with van der Waals surface area (Å²) in [5.74, 6) is 0. The van der Waals surface area contributed by atoms with E-state index < -0.39 is 24.0 Å². The molecule has 78 valence electrons. The third kappa shape index (κ3) is 2.17. The minimum atomic E-state index is -2.83. The molecular formula is C8H6BrF4N. The summed E-state index contributed by atoms with van der Waals surface area (Å²) in [6.45, 7) is 0. The molecule has 0 atom stereocenters. The van der Waals surface area contributed by atoms with Gasteiger partial charge in [-0.3, -0.25) is 0 Å². The Morgan fingerprint density at radius 2 is 1.36 bits per heavy atom. The number of anilines is 1. The molecule has 1 aromatic rings.